The number of hydrogen-bond acceptors (Lipinski definition) is 6. The van der Waals surface area contributed by atoms with Crippen molar-refractivity contribution in [2.24, 2.45) is 0 Å². The van der Waals surface area contributed by atoms with Crippen LogP contribution >= 0.6 is 0 Å². The monoisotopic (exact) mass is 288 g/mol. The van der Waals surface area contributed by atoms with E-state index in [0.29, 0.717) is 23.1 Å². The van der Waals surface area contributed by atoms with Crippen molar-refractivity contribution in [2.75, 3.05) is 12.8 Å². The van der Waals surface area contributed by atoms with Gasteiger partial charge < -0.3 is 15.0 Å². The van der Waals surface area contributed by atoms with E-state index in [-0.39, 0.29) is 0 Å². The molecule has 0 amide bonds. The lowest BCUT2D eigenvalue weighted by Crippen LogP contribution is -2.29. The van der Waals surface area contributed by atoms with Gasteiger partial charge in [-0.2, -0.15) is 4.98 Å². The molecule has 0 aromatic carbocycles. The van der Waals surface area contributed by atoms with Gasteiger partial charge in [-0.1, -0.05) is 30.8 Å². The second kappa shape index (κ2) is 5.81. The average molecular weight is 288 g/mol. The fraction of sp³-hybridized carbons (Fsp3) is 0.533. The van der Waals surface area contributed by atoms with Gasteiger partial charge in [-0.15, -0.1) is 0 Å². The molecule has 0 saturated heterocycles. The lowest BCUT2D eigenvalue weighted by atomic mass is 9.93. The molecular formula is C15H20N4O2. The maximum atomic E-state index is 5.79. The zero-order chi connectivity index (χ0) is 14.7. The number of aromatic nitrogens is 3. The van der Waals surface area contributed by atoms with Gasteiger partial charge >= 0.3 is 0 Å². The van der Waals surface area contributed by atoms with Crippen LogP contribution in [0.2, 0.25) is 0 Å². The predicted octanol–water partition coefficient (Wildman–Crippen LogP) is 2.91. The molecule has 6 heteroatoms. The van der Waals surface area contributed by atoms with E-state index >= 15 is 0 Å². The summed E-state index contributed by atoms with van der Waals surface area (Å²) >= 11 is 0. The summed E-state index contributed by atoms with van der Waals surface area (Å²) in [5.41, 5.74) is 6.45. The molecule has 1 fully saturated rings. The molecule has 1 saturated carbocycles. The molecule has 0 atom stereocenters. The number of ether oxygens (including phenoxy) is 1. The number of anilines is 1. The van der Waals surface area contributed by atoms with Crippen LogP contribution in [0.3, 0.4) is 0 Å². The Labute approximate surface area is 123 Å². The Kier molecular flexibility index (Phi) is 3.88. The molecule has 2 aromatic heterocycles. The SMILES string of the molecule is COC1(c2noc(-c3ccc(N)cn3)n2)CCCCCC1. The third kappa shape index (κ3) is 2.76. The molecule has 0 spiro atoms. The van der Waals surface area contributed by atoms with Gasteiger partial charge in [0.15, 0.2) is 0 Å². The van der Waals surface area contributed by atoms with Crippen molar-refractivity contribution in [3.05, 3.63) is 24.2 Å². The first-order valence-corrected chi connectivity index (χ1v) is 7.35. The Morgan fingerprint density at radius 2 is 1.95 bits per heavy atom. The summed E-state index contributed by atoms with van der Waals surface area (Å²) in [5.74, 6) is 1.03. The Morgan fingerprint density at radius 1 is 1.19 bits per heavy atom. The fourth-order valence-corrected chi connectivity index (χ4v) is 2.86. The van der Waals surface area contributed by atoms with E-state index in [9.17, 15) is 0 Å². The van der Waals surface area contributed by atoms with Crippen LogP contribution in [0, 0.1) is 0 Å². The Bertz CT molecular complexity index is 586. The van der Waals surface area contributed by atoms with Crippen LogP contribution in [-0.4, -0.2) is 22.2 Å². The molecule has 1 aliphatic rings. The Balaban J connectivity index is 1.90. The van der Waals surface area contributed by atoms with E-state index in [0.717, 1.165) is 25.7 Å². The summed E-state index contributed by atoms with van der Waals surface area (Å²) in [4.78, 5) is 8.72. The zero-order valence-electron chi connectivity index (χ0n) is 12.2. The molecule has 0 unspecified atom stereocenters. The van der Waals surface area contributed by atoms with Gasteiger partial charge in [-0.3, -0.25) is 0 Å². The smallest absolute Gasteiger partial charge is 0.276 e. The highest BCUT2D eigenvalue weighted by molar-refractivity contribution is 5.50. The van der Waals surface area contributed by atoms with Gasteiger partial charge in [0.25, 0.3) is 5.89 Å². The summed E-state index contributed by atoms with van der Waals surface area (Å²) in [6.07, 6.45) is 8.15. The van der Waals surface area contributed by atoms with Crippen molar-refractivity contribution < 1.29 is 9.26 Å². The lowest BCUT2D eigenvalue weighted by molar-refractivity contribution is -0.0365. The third-order valence-electron chi connectivity index (χ3n) is 4.14. The molecule has 2 heterocycles. The Hall–Kier alpha value is -1.95. The van der Waals surface area contributed by atoms with E-state index in [1.54, 1.807) is 25.4 Å². The maximum Gasteiger partial charge on any atom is 0.276 e. The molecule has 3 rings (SSSR count). The molecule has 0 bridgehead atoms. The largest absolute Gasteiger partial charge is 0.397 e. The number of hydrogen-bond donors (Lipinski definition) is 1. The normalized spacial score (nSPS) is 18.3. The highest BCUT2D eigenvalue weighted by Gasteiger charge is 2.37. The Morgan fingerprint density at radius 3 is 2.57 bits per heavy atom. The minimum atomic E-state index is -0.425. The lowest BCUT2D eigenvalue weighted by Gasteiger charge is -2.27. The van der Waals surface area contributed by atoms with E-state index in [1.807, 2.05) is 0 Å². The second-order valence-electron chi connectivity index (χ2n) is 5.51. The summed E-state index contributed by atoms with van der Waals surface area (Å²) in [6.45, 7) is 0. The first kappa shape index (κ1) is 14.0. The minimum Gasteiger partial charge on any atom is -0.397 e. The molecule has 1 aliphatic carbocycles. The van der Waals surface area contributed by atoms with Gasteiger partial charge in [0.05, 0.1) is 11.9 Å². The van der Waals surface area contributed by atoms with E-state index in [1.165, 1.54) is 12.8 Å². The number of nitrogens with two attached hydrogens (primary N) is 1. The van der Waals surface area contributed by atoms with E-state index in [2.05, 4.69) is 15.1 Å². The van der Waals surface area contributed by atoms with Crippen molar-refractivity contribution in [3.8, 4) is 11.6 Å². The van der Waals surface area contributed by atoms with Crippen LogP contribution in [0.15, 0.2) is 22.9 Å². The first-order valence-electron chi connectivity index (χ1n) is 7.35. The van der Waals surface area contributed by atoms with Crippen molar-refractivity contribution in [3.63, 3.8) is 0 Å². The third-order valence-corrected chi connectivity index (χ3v) is 4.14. The van der Waals surface area contributed by atoms with Gasteiger partial charge in [0.2, 0.25) is 5.82 Å². The number of nitrogens with zero attached hydrogens (tertiary/aromatic N) is 3. The highest BCUT2D eigenvalue weighted by Crippen LogP contribution is 2.38. The fourth-order valence-electron chi connectivity index (χ4n) is 2.86. The quantitative estimate of drug-likeness (QED) is 0.874. The molecule has 2 aromatic rings. The van der Waals surface area contributed by atoms with Crippen molar-refractivity contribution in [1.29, 1.82) is 0 Å². The maximum absolute atomic E-state index is 5.79. The van der Waals surface area contributed by atoms with Crippen LogP contribution < -0.4 is 5.73 Å². The minimum absolute atomic E-state index is 0.408. The summed E-state index contributed by atoms with van der Waals surface area (Å²) < 4.78 is 11.2. The first-order chi connectivity index (χ1) is 10.2. The topological polar surface area (TPSA) is 87.1 Å². The van der Waals surface area contributed by atoms with Gasteiger partial charge in [0.1, 0.15) is 11.3 Å². The summed E-state index contributed by atoms with van der Waals surface area (Å²) in [5, 5.41) is 4.14. The van der Waals surface area contributed by atoms with Crippen LogP contribution in [0.1, 0.15) is 44.3 Å². The number of rotatable bonds is 3. The molecular weight excluding hydrogens is 268 g/mol. The van der Waals surface area contributed by atoms with Gasteiger partial charge in [-0.05, 0) is 25.0 Å². The van der Waals surface area contributed by atoms with Crippen LogP contribution in [0.25, 0.3) is 11.6 Å². The second-order valence-corrected chi connectivity index (χ2v) is 5.51. The predicted molar refractivity (Wildman–Crippen MR) is 78.3 cm³/mol. The standard InChI is InChI=1S/C15H20N4O2/c1-20-15(8-4-2-3-5-9-15)14-18-13(21-19-14)12-7-6-11(16)10-17-12/h6-7,10H,2-5,8-9,16H2,1H3. The van der Waals surface area contributed by atoms with Crippen molar-refractivity contribution in [1.82, 2.24) is 15.1 Å². The van der Waals surface area contributed by atoms with E-state index in [4.69, 9.17) is 15.0 Å². The summed E-state index contributed by atoms with van der Waals surface area (Å²) in [6, 6.07) is 3.54. The summed E-state index contributed by atoms with van der Waals surface area (Å²) in [7, 11) is 1.73. The van der Waals surface area contributed by atoms with Crippen molar-refractivity contribution >= 4 is 5.69 Å². The average Bonchev–Trinajstić information content (AvgIpc) is 2.88. The van der Waals surface area contributed by atoms with Crippen LogP contribution in [-0.2, 0) is 10.3 Å². The molecule has 0 radical (unpaired) electrons. The highest BCUT2D eigenvalue weighted by atomic mass is 16.5. The van der Waals surface area contributed by atoms with Crippen LogP contribution in [0.5, 0.6) is 0 Å². The van der Waals surface area contributed by atoms with Gasteiger partial charge in [0, 0.05) is 7.11 Å². The molecule has 0 aliphatic heterocycles. The molecule has 6 nitrogen and oxygen atoms in total. The van der Waals surface area contributed by atoms with Crippen molar-refractivity contribution in [2.45, 2.75) is 44.1 Å². The zero-order valence-corrected chi connectivity index (χ0v) is 12.2. The number of methoxy groups -OCH3 is 1. The van der Waals surface area contributed by atoms with Crippen LogP contribution in [0.4, 0.5) is 5.69 Å². The number of pyridine rings is 1. The van der Waals surface area contributed by atoms with E-state index < -0.39 is 5.60 Å². The number of nitrogen functional groups attached to an aromatic ring is 1. The van der Waals surface area contributed by atoms with Gasteiger partial charge in [-0.25, -0.2) is 4.98 Å². The molecule has 2 N–H and O–H groups in total. The molecule has 112 valence electrons. The molecule has 21 heavy (non-hydrogen) atoms.